The molecule has 0 spiro atoms. The molecule has 1 heterocycles. The summed E-state index contributed by atoms with van der Waals surface area (Å²) in [5.74, 6) is -0.785. The zero-order valence-corrected chi connectivity index (χ0v) is 16.6. The molecule has 148 valence electrons. The van der Waals surface area contributed by atoms with Crippen molar-refractivity contribution in [1.29, 1.82) is 0 Å². The molecule has 0 amide bonds. The largest absolute Gasteiger partial charge is 0.480 e. The highest BCUT2D eigenvalue weighted by Crippen LogP contribution is 2.26. The van der Waals surface area contributed by atoms with Crippen LogP contribution in [-0.2, 0) is 11.3 Å². The Bertz CT molecular complexity index is 1050. The van der Waals surface area contributed by atoms with Crippen molar-refractivity contribution in [2.45, 2.75) is 13.5 Å². The summed E-state index contributed by atoms with van der Waals surface area (Å²) in [4.78, 5) is 23.4. The van der Waals surface area contributed by atoms with Crippen molar-refractivity contribution < 1.29 is 19.4 Å². The van der Waals surface area contributed by atoms with E-state index in [0.29, 0.717) is 28.6 Å². The van der Waals surface area contributed by atoms with Crippen LogP contribution in [-0.4, -0.2) is 28.0 Å². The Morgan fingerprint density at radius 2 is 1.90 bits per heavy atom. The molecule has 3 aromatic rings. The van der Waals surface area contributed by atoms with Gasteiger partial charge in [0.15, 0.2) is 6.61 Å². The van der Waals surface area contributed by atoms with Gasteiger partial charge in [-0.1, -0.05) is 59.6 Å². The van der Waals surface area contributed by atoms with Gasteiger partial charge in [0.25, 0.3) is 0 Å². The zero-order chi connectivity index (χ0) is 20.8. The molecule has 0 radical (unpaired) electrons. The number of aryl methyl sites for hydroxylation is 1. The molecule has 5 nitrogen and oxygen atoms in total. The van der Waals surface area contributed by atoms with Crippen LogP contribution in [0.3, 0.4) is 0 Å². The standard InChI is InChI=1S/C23H20ClNO4/c1-16-6-9-18(10-7-16)23(28)20-5-3-13-25(20)12-2-4-17-8-11-19(24)21(14-17)29-15-22(26)27/h2-11,13-14H,12,15H2,1H3,(H,26,27). The van der Waals surface area contributed by atoms with Gasteiger partial charge in [0, 0.05) is 18.3 Å². The fourth-order valence-electron chi connectivity index (χ4n) is 2.81. The molecule has 6 heteroatoms. The summed E-state index contributed by atoms with van der Waals surface area (Å²) in [7, 11) is 0. The van der Waals surface area contributed by atoms with Crippen molar-refractivity contribution in [2.75, 3.05) is 6.61 Å². The smallest absolute Gasteiger partial charge is 0.341 e. The first kappa shape index (κ1) is 20.4. The molecule has 3 rings (SSSR count). The average Bonchev–Trinajstić information content (AvgIpc) is 3.16. The number of allylic oxidation sites excluding steroid dienone is 1. The monoisotopic (exact) mass is 409 g/mol. The minimum atomic E-state index is -1.07. The first-order valence-corrected chi connectivity index (χ1v) is 9.39. The van der Waals surface area contributed by atoms with Gasteiger partial charge in [0.2, 0.25) is 5.78 Å². The van der Waals surface area contributed by atoms with E-state index in [-0.39, 0.29) is 5.78 Å². The molecule has 0 atom stereocenters. The van der Waals surface area contributed by atoms with Gasteiger partial charge in [-0.05, 0) is 36.8 Å². The van der Waals surface area contributed by atoms with E-state index in [1.165, 1.54) is 0 Å². The predicted molar refractivity (Wildman–Crippen MR) is 113 cm³/mol. The summed E-state index contributed by atoms with van der Waals surface area (Å²) in [5, 5.41) is 9.08. The number of rotatable bonds is 8. The Labute approximate surface area is 173 Å². The van der Waals surface area contributed by atoms with Crippen molar-refractivity contribution in [3.05, 3.63) is 94.3 Å². The molecule has 0 aliphatic heterocycles. The fourth-order valence-corrected chi connectivity index (χ4v) is 2.98. The van der Waals surface area contributed by atoms with E-state index in [4.69, 9.17) is 21.4 Å². The van der Waals surface area contributed by atoms with E-state index in [2.05, 4.69) is 0 Å². The molecular formula is C23H20ClNO4. The summed E-state index contributed by atoms with van der Waals surface area (Å²) in [5.41, 5.74) is 3.18. The number of carboxylic acid groups (broad SMARTS) is 1. The molecule has 0 saturated carbocycles. The van der Waals surface area contributed by atoms with Crippen LogP contribution in [0.15, 0.2) is 66.9 Å². The van der Waals surface area contributed by atoms with Crippen LogP contribution in [0.1, 0.15) is 27.2 Å². The normalized spacial score (nSPS) is 11.0. The quantitative estimate of drug-likeness (QED) is 0.539. The van der Waals surface area contributed by atoms with Crippen molar-refractivity contribution >= 4 is 29.4 Å². The fraction of sp³-hybridized carbons (Fsp3) is 0.130. The summed E-state index contributed by atoms with van der Waals surface area (Å²) in [6, 6.07) is 16.3. The van der Waals surface area contributed by atoms with E-state index >= 15 is 0 Å². The Kier molecular flexibility index (Phi) is 6.52. The number of aliphatic carboxylic acids is 1. The third kappa shape index (κ3) is 5.36. The SMILES string of the molecule is Cc1ccc(C(=O)c2cccn2CC=Cc2ccc(Cl)c(OCC(=O)O)c2)cc1. The van der Waals surface area contributed by atoms with Gasteiger partial charge in [-0.3, -0.25) is 4.79 Å². The number of ketones is 1. The number of benzene rings is 2. The summed E-state index contributed by atoms with van der Waals surface area (Å²) < 4.78 is 7.06. The number of carboxylic acids is 1. The van der Waals surface area contributed by atoms with E-state index in [1.807, 2.05) is 60.2 Å². The highest BCUT2D eigenvalue weighted by atomic mass is 35.5. The van der Waals surface area contributed by atoms with Crippen molar-refractivity contribution in [2.24, 2.45) is 0 Å². The van der Waals surface area contributed by atoms with Gasteiger partial charge in [0.05, 0.1) is 10.7 Å². The van der Waals surface area contributed by atoms with E-state index < -0.39 is 12.6 Å². The predicted octanol–water partition coefficient (Wildman–Crippen LogP) is 4.86. The molecule has 1 aromatic heterocycles. The van der Waals surface area contributed by atoms with Crippen LogP contribution in [0.5, 0.6) is 5.75 Å². The maximum Gasteiger partial charge on any atom is 0.341 e. The molecule has 0 fully saturated rings. The van der Waals surface area contributed by atoms with Crippen molar-refractivity contribution in [3.8, 4) is 5.75 Å². The van der Waals surface area contributed by atoms with Crippen LogP contribution in [0.2, 0.25) is 5.02 Å². The molecule has 0 unspecified atom stereocenters. The zero-order valence-electron chi connectivity index (χ0n) is 15.8. The van der Waals surface area contributed by atoms with Crippen LogP contribution in [0.4, 0.5) is 0 Å². The topological polar surface area (TPSA) is 68.5 Å². The van der Waals surface area contributed by atoms with Crippen molar-refractivity contribution in [1.82, 2.24) is 4.57 Å². The second-order valence-electron chi connectivity index (χ2n) is 6.52. The molecule has 0 aliphatic rings. The second-order valence-corrected chi connectivity index (χ2v) is 6.92. The molecule has 0 bridgehead atoms. The second kappa shape index (κ2) is 9.26. The molecule has 1 N–H and O–H groups in total. The van der Waals surface area contributed by atoms with Gasteiger partial charge >= 0.3 is 5.97 Å². The number of aromatic nitrogens is 1. The van der Waals surface area contributed by atoms with Crippen LogP contribution < -0.4 is 4.74 Å². The van der Waals surface area contributed by atoms with Gasteiger partial charge in [0.1, 0.15) is 5.75 Å². The number of halogens is 1. The summed E-state index contributed by atoms with van der Waals surface area (Å²) in [6.45, 7) is 2.03. The number of carbonyl (C=O) groups excluding carboxylic acids is 1. The van der Waals surface area contributed by atoms with Crippen LogP contribution in [0, 0.1) is 6.92 Å². The van der Waals surface area contributed by atoms with Crippen LogP contribution in [0.25, 0.3) is 6.08 Å². The van der Waals surface area contributed by atoms with Crippen molar-refractivity contribution in [3.63, 3.8) is 0 Å². The lowest BCUT2D eigenvalue weighted by Crippen LogP contribution is -2.09. The number of hydrogen-bond acceptors (Lipinski definition) is 3. The molecule has 0 saturated heterocycles. The molecule has 0 aliphatic carbocycles. The van der Waals surface area contributed by atoms with Gasteiger partial charge in [-0.25, -0.2) is 4.79 Å². The van der Waals surface area contributed by atoms with E-state index in [9.17, 15) is 9.59 Å². The molecule has 29 heavy (non-hydrogen) atoms. The van der Waals surface area contributed by atoms with Crippen LogP contribution >= 0.6 is 11.6 Å². The summed E-state index contributed by atoms with van der Waals surface area (Å²) >= 11 is 6.03. The first-order chi connectivity index (χ1) is 13.9. The first-order valence-electron chi connectivity index (χ1n) is 9.01. The maximum absolute atomic E-state index is 12.8. The Morgan fingerprint density at radius 3 is 2.62 bits per heavy atom. The van der Waals surface area contributed by atoms with Gasteiger partial charge in [-0.2, -0.15) is 0 Å². The Balaban J connectivity index is 1.71. The summed E-state index contributed by atoms with van der Waals surface area (Å²) in [6.07, 6.45) is 5.63. The maximum atomic E-state index is 12.8. The molecular weight excluding hydrogens is 390 g/mol. The third-order valence-corrected chi connectivity index (χ3v) is 4.61. The molecule has 2 aromatic carbocycles. The average molecular weight is 410 g/mol. The lowest BCUT2D eigenvalue weighted by Gasteiger charge is -2.07. The van der Waals surface area contributed by atoms with E-state index in [0.717, 1.165) is 11.1 Å². The van der Waals surface area contributed by atoms with E-state index in [1.54, 1.807) is 24.3 Å². The Hall–Kier alpha value is -3.31. The number of nitrogens with zero attached hydrogens (tertiary/aromatic N) is 1. The highest BCUT2D eigenvalue weighted by Gasteiger charge is 2.12. The highest BCUT2D eigenvalue weighted by molar-refractivity contribution is 6.32. The lowest BCUT2D eigenvalue weighted by molar-refractivity contribution is -0.139. The number of hydrogen-bond donors (Lipinski definition) is 1. The third-order valence-electron chi connectivity index (χ3n) is 4.29. The minimum absolute atomic E-state index is 0.0285. The van der Waals surface area contributed by atoms with Gasteiger partial charge in [-0.15, -0.1) is 0 Å². The number of ether oxygens (including phenoxy) is 1. The van der Waals surface area contributed by atoms with Gasteiger partial charge < -0.3 is 14.4 Å². The lowest BCUT2D eigenvalue weighted by atomic mass is 10.1. The number of carbonyl (C=O) groups is 2. The minimum Gasteiger partial charge on any atom is -0.480 e. The Morgan fingerprint density at radius 1 is 1.14 bits per heavy atom.